The van der Waals surface area contributed by atoms with Crippen molar-refractivity contribution < 1.29 is 9.53 Å². The largest absolute Gasteiger partial charge is 0.495 e. The zero-order chi connectivity index (χ0) is 11.3. The van der Waals surface area contributed by atoms with Crippen LogP contribution in [0.15, 0.2) is 24.3 Å². The van der Waals surface area contributed by atoms with Gasteiger partial charge in [0.15, 0.2) is 0 Å². The molecule has 0 N–H and O–H groups in total. The van der Waals surface area contributed by atoms with Crippen molar-refractivity contribution in [2.45, 2.75) is 13.3 Å². The topological polar surface area (TPSA) is 29.5 Å². The Bertz CT molecular complexity index is 336. The summed E-state index contributed by atoms with van der Waals surface area (Å²) in [7, 11) is 3.61. The molecule has 0 fully saturated rings. The Balaban J connectivity index is 2.72. The number of Topliss-reactive ketones (excluding diaryl/α,β-unsaturated/α-hetero) is 1. The van der Waals surface area contributed by atoms with Crippen molar-refractivity contribution in [2.24, 2.45) is 0 Å². The molecule has 0 atom stereocenters. The maximum absolute atomic E-state index is 10.9. The van der Waals surface area contributed by atoms with E-state index in [0.717, 1.165) is 18.0 Å². The molecule has 0 radical (unpaired) electrons. The first-order valence-corrected chi connectivity index (χ1v) is 4.98. The van der Waals surface area contributed by atoms with Gasteiger partial charge in [-0.15, -0.1) is 0 Å². The minimum atomic E-state index is 0.205. The summed E-state index contributed by atoms with van der Waals surface area (Å²) >= 11 is 0. The molecule has 0 saturated carbocycles. The third-order valence-corrected chi connectivity index (χ3v) is 2.30. The van der Waals surface area contributed by atoms with E-state index in [2.05, 4.69) is 0 Å². The Labute approximate surface area is 90.7 Å². The van der Waals surface area contributed by atoms with E-state index in [1.54, 1.807) is 14.0 Å². The second kappa shape index (κ2) is 5.39. The number of nitrogens with zero attached hydrogens (tertiary/aromatic N) is 1. The highest BCUT2D eigenvalue weighted by atomic mass is 16.5. The number of hydrogen-bond acceptors (Lipinski definition) is 3. The SMILES string of the molecule is COc1ccccc1N(C)CCC(C)=O. The van der Waals surface area contributed by atoms with Crippen LogP contribution < -0.4 is 9.64 Å². The van der Waals surface area contributed by atoms with Crippen molar-refractivity contribution in [1.29, 1.82) is 0 Å². The number of methoxy groups -OCH3 is 1. The van der Waals surface area contributed by atoms with Gasteiger partial charge in [0.25, 0.3) is 0 Å². The molecule has 1 aromatic rings. The van der Waals surface area contributed by atoms with Crippen molar-refractivity contribution in [3.05, 3.63) is 24.3 Å². The predicted molar refractivity (Wildman–Crippen MR) is 61.6 cm³/mol. The number of benzene rings is 1. The summed E-state index contributed by atoms with van der Waals surface area (Å²) < 4.78 is 5.25. The average molecular weight is 207 g/mol. The number of carbonyl (C=O) groups excluding carboxylic acids is 1. The van der Waals surface area contributed by atoms with Gasteiger partial charge >= 0.3 is 0 Å². The molecule has 15 heavy (non-hydrogen) atoms. The van der Waals surface area contributed by atoms with Crippen LogP contribution in [-0.2, 0) is 4.79 Å². The van der Waals surface area contributed by atoms with Crippen LogP contribution in [0, 0.1) is 0 Å². The standard InChI is InChI=1S/C12H17NO2/c1-10(14)8-9-13(2)11-6-4-5-7-12(11)15-3/h4-7H,8-9H2,1-3H3. The van der Waals surface area contributed by atoms with Gasteiger partial charge in [-0.05, 0) is 19.1 Å². The molecule has 0 aliphatic carbocycles. The fourth-order valence-electron chi connectivity index (χ4n) is 1.39. The lowest BCUT2D eigenvalue weighted by Gasteiger charge is -2.20. The summed E-state index contributed by atoms with van der Waals surface area (Å²) in [5, 5.41) is 0. The maximum Gasteiger partial charge on any atom is 0.142 e. The molecule has 1 rings (SSSR count). The summed E-state index contributed by atoms with van der Waals surface area (Å²) in [6, 6.07) is 7.79. The molecule has 82 valence electrons. The van der Waals surface area contributed by atoms with Gasteiger partial charge in [-0.25, -0.2) is 0 Å². The van der Waals surface area contributed by atoms with Crippen LogP contribution in [0.25, 0.3) is 0 Å². The quantitative estimate of drug-likeness (QED) is 0.740. The second-order valence-electron chi connectivity index (χ2n) is 3.55. The van der Waals surface area contributed by atoms with Crippen LogP contribution in [0.2, 0.25) is 0 Å². The normalized spacial score (nSPS) is 9.80. The first kappa shape index (κ1) is 11.6. The van der Waals surface area contributed by atoms with Gasteiger partial charge in [0.1, 0.15) is 11.5 Å². The molecular weight excluding hydrogens is 190 g/mol. The van der Waals surface area contributed by atoms with Crippen molar-refractivity contribution in [1.82, 2.24) is 0 Å². The number of rotatable bonds is 5. The van der Waals surface area contributed by atoms with E-state index in [1.807, 2.05) is 36.2 Å². The van der Waals surface area contributed by atoms with Crippen LogP contribution in [-0.4, -0.2) is 26.5 Å². The van der Waals surface area contributed by atoms with Crippen LogP contribution in [0.1, 0.15) is 13.3 Å². The van der Waals surface area contributed by atoms with Crippen LogP contribution in [0.4, 0.5) is 5.69 Å². The first-order chi connectivity index (χ1) is 7.15. The smallest absolute Gasteiger partial charge is 0.142 e. The van der Waals surface area contributed by atoms with Gasteiger partial charge in [0.2, 0.25) is 0 Å². The molecule has 3 nitrogen and oxygen atoms in total. The highest BCUT2D eigenvalue weighted by Crippen LogP contribution is 2.26. The van der Waals surface area contributed by atoms with E-state index in [4.69, 9.17) is 4.74 Å². The molecule has 0 aliphatic rings. The number of carbonyl (C=O) groups is 1. The molecule has 0 amide bonds. The van der Waals surface area contributed by atoms with Gasteiger partial charge in [-0.3, -0.25) is 4.79 Å². The molecule has 0 aliphatic heterocycles. The van der Waals surface area contributed by atoms with Crippen molar-refractivity contribution >= 4 is 11.5 Å². The zero-order valence-electron chi connectivity index (χ0n) is 9.49. The van der Waals surface area contributed by atoms with Crippen LogP contribution >= 0.6 is 0 Å². The second-order valence-corrected chi connectivity index (χ2v) is 3.55. The lowest BCUT2D eigenvalue weighted by Crippen LogP contribution is -2.20. The first-order valence-electron chi connectivity index (χ1n) is 4.98. The number of ketones is 1. The van der Waals surface area contributed by atoms with Gasteiger partial charge in [0, 0.05) is 20.0 Å². The highest BCUT2D eigenvalue weighted by Gasteiger charge is 2.07. The van der Waals surface area contributed by atoms with E-state index in [9.17, 15) is 4.79 Å². The van der Waals surface area contributed by atoms with E-state index in [-0.39, 0.29) is 5.78 Å². The average Bonchev–Trinajstić information content (AvgIpc) is 2.25. The number of ether oxygens (including phenoxy) is 1. The monoisotopic (exact) mass is 207 g/mol. The molecule has 0 spiro atoms. The summed E-state index contributed by atoms with van der Waals surface area (Å²) in [5.74, 6) is 1.04. The van der Waals surface area contributed by atoms with Gasteiger partial charge in [-0.1, -0.05) is 12.1 Å². The Morgan fingerprint density at radius 2 is 2.07 bits per heavy atom. The van der Waals surface area contributed by atoms with Crippen LogP contribution in [0.5, 0.6) is 5.75 Å². The minimum Gasteiger partial charge on any atom is -0.495 e. The van der Waals surface area contributed by atoms with E-state index < -0.39 is 0 Å². The Morgan fingerprint density at radius 3 is 2.67 bits per heavy atom. The summed E-state index contributed by atoms with van der Waals surface area (Å²) in [4.78, 5) is 12.9. The highest BCUT2D eigenvalue weighted by molar-refractivity contribution is 5.76. The van der Waals surface area contributed by atoms with Gasteiger partial charge in [0.05, 0.1) is 12.8 Å². The lowest BCUT2D eigenvalue weighted by atomic mass is 10.2. The van der Waals surface area contributed by atoms with Crippen molar-refractivity contribution in [3.63, 3.8) is 0 Å². The summed E-state index contributed by atoms with van der Waals surface area (Å²) in [6.45, 7) is 2.33. The fourth-order valence-corrected chi connectivity index (χ4v) is 1.39. The van der Waals surface area contributed by atoms with Crippen molar-refractivity contribution in [3.8, 4) is 5.75 Å². The van der Waals surface area contributed by atoms with E-state index in [0.29, 0.717) is 6.42 Å². The van der Waals surface area contributed by atoms with Gasteiger partial charge < -0.3 is 9.64 Å². The Morgan fingerprint density at radius 1 is 1.40 bits per heavy atom. The summed E-state index contributed by atoms with van der Waals surface area (Å²) in [6.07, 6.45) is 0.564. The fraction of sp³-hybridized carbons (Fsp3) is 0.417. The molecule has 0 aromatic heterocycles. The predicted octanol–water partition coefficient (Wildman–Crippen LogP) is 2.11. The lowest BCUT2D eigenvalue weighted by molar-refractivity contribution is -0.116. The number of hydrogen-bond donors (Lipinski definition) is 0. The third kappa shape index (κ3) is 3.27. The van der Waals surface area contributed by atoms with Gasteiger partial charge in [-0.2, -0.15) is 0 Å². The summed E-state index contributed by atoms with van der Waals surface area (Å²) in [5.41, 5.74) is 1.02. The minimum absolute atomic E-state index is 0.205. The molecule has 3 heteroatoms. The Hall–Kier alpha value is -1.51. The molecule has 0 saturated heterocycles. The third-order valence-electron chi connectivity index (χ3n) is 2.30. The number of para-hydroxylation sites is 2. The molecule has 0 heterocycles. The number of anilines is 1. The molecule has 0 unspecified atom stereocenters. The zero-order valence-corrected chi connectivity index (χ0v) is 9.49. The Kier molecular flexibility index (Phi) is 4.16. The molecule has 0 bridgehead atoms. The van der Waals surface area contributed by atoms with E-state index in [1.165, 1.54) is 0 Å². The molecular formula is C12H17NO2. The van der Waals surface area contributed by atoms with E-state index >= 15 is 0 Å². The molecule has 1 aromatic carbocycles. The maximum atomic E-state index is 10.9. The van der Waals surface area contributed by atoms with Crippen molar-refractivity contribution in [2.75, 3.05) is 25.6 Å². The van der Waals surface area contributed by atoms with Crippen LogP contribution in [0.3, 0.4) is 0 Å².